The van der Waals surface area contributed by atoms with E-state index in [-0.39, 0.29) is 17.7 Å². The molecule has 116 valence electrons. The summed E-state index contributed by atoms with van der Waals surface area (Å²) in [6, 6.07) is 2.48. The van der Waals surface area contributed by atoms with Crippen molar-refractivity contribution in [3.05, 3.63) is 23.3 Å². The number of hydroxylamine groups is 1. The minimum Gasteiger partial charge on any atom is -0.508 e. The Morgan fingerprint density at radius 2 is 2.23 bits per heavy atom. The average molecular weight is 304 g/mol. The fourth-order valence-corrected chi connectivity index (χ4v) is 3.86. The van der Waals surface area contributed by atoms with Crippen LogP contribution in [0.2, 0.25) is 0 Å². The first kappa shape index (κ1) is 13.5. The predicted octanol–water partition coefficient (Wildman–Crippen LogP) is 0.361. The molecule has 2 saturated heterocycles. The highest BCUT2D eigenvalue weighted by Gasteiger charge is 2.70. The maximum absolute atomic E-state index is 11.7. The summed E-state index contributed by atoms with van der Waals surface area (Å²) in [6.45, 7) is 3.60. The second-order valence-corrected chi connectivity index (χ2v) is 6.16. The number of phenols is 1. The van der Waals surface area contributed by atoms with Gasteiger partial charge in [-0.15, -0.1) is 0 Å². The van der Waals surface area contributed by atoms with Gasteiger partial charge in [0.25, 0.3) is 0 Å². The van der Waals surface area contributed by atoms with Gasteiger partial charge in [0.2, 0.25) is 11.7 Å². The molecular formula is C15H16N2O5. The largest absolute Gasteiger partial charge is 0.508 e. The standard InChI is InChI=1S/C15H16N2O5/c1-7-13-10(3-9(6-18)4-12(13)20)16-5-11-14(15(7,21)22-16)17(11)8(2)19/h3-4,6-7,11,14,20-21H,5H2,1-2H3. The molecule has 0 aliphatic carbocycles. The molecule has 1 aromatic carbocycles. The van der Waals surface area contributed by atoms with Gasteiger partial charge in [-0.2, -0.15) is 0 Å². The number of benzene rings is 1. The Hall–Kier alpha value is -2.12. The summed E-state index contributed by atoms with van der Waals surface area (Å²) in [6.07, 6.45) is 0.650. The van der Waals surface area contributed by atoms with Gasteiger partial charge in [-0.05, 0) is 12.1 Å². The SMILES string of the molecule is CC(=O)N1C2CN3OC(O)(C(C)c4c(O)cc(C=O)cc43)C21. The predicted molar refractivity (Wildman–Crippen MR) is 75.4 cm³/mol. The number of carbonyl (C=O) groups excluding carboxylic acids is 2. The second-order valence-electron chi connectivity index (χ2n) is 6.16. The highest BCUT2D eigenvalue weighted by molar-refractivity contribution is 5.82. The average Bonchev–Trinajstić information content (AvgIpc) is 3.20. The number of aldehydes is 1. The number of phenolic OH excluding ortho intramolecular Hbond substituents is 1. The summed E-state index contributed by atoms with van der Waals surface area (Å²) in [5.74, 6) is -2.26. The van der Waals surface area contributed by atoms with Gasteiger partial charge in [0, 0.05) is 24.0 Å². The number of aliphatic hydroxyl groups is 1. The van der Waals surface area contributed by atoms with Crippen molar-refractivity contribution >= 4 is 17.9 Å². The lowest BCUT2D eigenvalue weighted by Gasteiger charge is -2.46. The third-order valence-corrected chi connectivity index (χ3v) is 4.95. The van der Waals surface area contributed by atoms with E-state index in [2.05, 4.69) is 0 Å². The number of aromatic hydroxyl groups is 1. The first-order valence-electron chi connectivity index (χ1n) is 7.18. The van der Waals surface area contributed by atoms with Crippen molar-refractivity contribution in [1.29, 1.82) is 0 Å². The summed E-state index contributed by atoms with van der Waals surface area (Å²) < 4.78 is 0. The number of hydrogen-bond donors (Lipinski definition) is 2. The summed E-state index contributed by atoms with van der Waals surface area (Å²) in [5.41, 5.74) is 1.43. The third kappa shape index (κ3) is 1.47. The zero-order valence-electron chi connectivity index (χ0n) is 12.2. The van der Waals surface area contributed by atoms with Crippen LogP contribution in [-0.4, -0.2) is 51.7 Å². The Morgan fingerprint density at radius 1 is 1.50 bits per heavy atom. The molecule has 0 aromatic heterocycles. The van der Waals surface area contributed by atoms with Crippen LogP contribution >= 0.6 is 0 Å². The molecule has 3 aliphatic heterocycles. The molecule has 22 heavy (non-hydrogen) atoms. The van der Waals surface area contributed by atoms with E-state index in [1.807, 2.05) is 0 Å². The normalized spacial score (nSPS) is 34.8. The molecule has 4 unspecified atom stereocenters. The number of nitrogens with zero attached hydrogens (tertiary/aromatic N) is 2. The molecule has 1 aromatic rings. The van der Waals surface area contributed by atoms with Crippen LogP contribution in [0.4, 0.5) is 5.69 Å². The molecule has 2 fully saturated rings. The van der Waals surface area contributed by atoms with Gasteiger partial charge in [0.05, 0.1) is 18.3 Å². The second kappa shape index (κ2) is 3.99. The van der Waals surface area contributed by atoms with Crippen LogP contribution in [0.5, 0.6) is 5.75 Å². The summed E-state index contributed by atoms with van der Waals surface area (Å²) >= 11 is 0. The Bertz CT molecular complexity index is 705. The molecule has 3 heterocycles. The molecule has 3 aliphatic rings. The van der Waals surface area contributed by atoms with E-state index < -0.39 is 17.7 Å². The quantitative estimate of drug-likeness (QED) is 0.575. The number of hydrogen-bond acceptors (Lipinski definition) is 6. The number of anilines is 1. The van der Waals surface area contributed by atoms with Gasteiger partial charge < -0.3 is 15.1 Å². The van der Waals surface area contributed by atoms with E-state index in [0.717, 1.165) is 0 Å². The number of amides is 1. The van der Waals surface area contributed by atoms with Gasteiger partial charge >= 0.3 is 0 Å². The maximum atomic E-state index is 11.7. The van der Waals surface area contributed by atoms with E-state index in [1.54, 1.807) is 17.9 Å². The van der Waals surface area contributed by atoms with Crippen LogP contribution in [-0.2, 0) is 9.63 Å². The fraction of sp³-hybridized carbons (Fsp3) is 0.467. The van der Waals surface area contributed by atoms with Crippen molar-refractivity contribution in [3.63, 3.8) is 0 Å². The van der Waals surface area contributed by atoms with E-state index in [0.29, 0.717) is 29.6 Å². The van der Waals surface area contributed by atoms with Crippen molar-refractivity contribution in [2.24, 2.45) is 0 Å². The van der Waals surface area contributed by atoms with Crippen LogP contribution in [0.25, 0.3) is 0 Å². The molecule has 2 bridgehead atoms. The molecule has 0 saturated carbocycles. The van der Waals surface area contributed by atoms with Gasteiger partial charge in [0.1, 0.15) is 18.1 Å². The molecule has 1 amide bonds. The van der Waals surface area contributed by atoms with Crippen molar-refractivity contribution in [1.82, 2.24) is 4.90 Å². The van der Waals surface area contributed by atoms with Crippen LogP contribution in [0.1, 0.15) is 35.7 Å². The molecule has 0 spiro atoms. The first-order chi connectivity index (χ1) is 10.4. The van der Waals surface area contributed by atoms with Crippen LogP contribution < -0.4 is 5.06 Å². The minimum atomic E-state index is -1.57. The molecule has 4 atom stereocenters. The zero-order chi connectivity index (χ0) is 15.8. The monoisotopic (exact) mass is 304 g/mol. The van der Waals surface area contributed by atoms with Gasteiger partial charge in [-0.25, -0.2) is 9.90 Å². The van der Waals surface area contributed by atoms with Crippen molar-refractivity contribution in [2.45, 2.75) is 37.6 Å². The Labute approximate surface area is 126 Å². The maximum Gasteiger partial charge on any atom is 0.221 e. The van der Waals surface area contributed by atoms with Crippen molar-refractivity contribution < 1.29 is 24.6 Å². The highest BCUT2D eigenvalue weighted by atomic mass is 16.8. The smallest absolute Gasteiger partial charge is 0.221 e. The zero-order valence-corrected chi connectivity index (χ0v) is 12.2. The number of rotatable bonds is 1. The summed E-state index contributed by atoms with van der Waals surface area (Å²) in [5, 5.41) is 22.7. The third-order valence-electron chi connectivity index (χ3n) is 4.95. The van der Waals surface area contributed by atoms with E-state index >= 15 is 0 Å². The van der Waals surface area contributed by atoms with Crippen LogP contribution in [0.3, 0.4) is 0 Å². The van der Waals surface area contributed by atoms with Gasteiger partial charge in [-0.3, -0.25) is 9.59 Å². The number of carbonyl (C=O) groups is 2. The summed E-state index contributed by atoms with van der Waals surface area (Å²) in [7, 11) is 0. The lowest BCUT2D eigenvalue weighted by Crippen LogP contribution is -2.58. The first-order valence-corrected chi connectivity index (χ1v) is 7.18. The van der Waals surface area contributed by atoms with E-state index in [4.69, 9.17) is 4.84 Å². The highest BCUT2D eigenvalue weighted by Crippen LogP contribution is 2.56. The van der Waals surface area contributed by atoms with Gasteiger partial charge in [0.15, 0.2) is 0 Å². The van der Waals surface area contributed by atoms with Crippen molar-refractivity contribution in [3.8, 4) is 5.75 Å². The molecule has 7 nitrogen and oxygen atoms in total. The van der Waals surface area contributed by atoms with Crippen LogP contribution in [0, 0.1) is 0 Å². The molecule has 7 heteroatoms. The Morgan fingerprint density at radius 3 is 2.86 bits per heavy atom. The molecule has 4 rings (SSSR count). The topological polar surface area (TPSA) is 90.1 Å². The molecule has 2 N–H and O–H groups in total. The number of fused-ring (bicyclic) bond motifs is 6. The van der Waals surface area contributed by atoms with Crippen LogP contribution in [0.15, 0.2) is 12.1 Å². The van der Waals surface area contributed by atoms with E-state index in [1.165, 1.54) is 18.1 Å². The van der Waals surface area contributed by atoms with Gasteiger partial charge in [-0.1, -0.05) is 6.92 Å². The Kier molecular flexibility index (Phi) is 2.46. The fourth-order valence-electron chi connectivity index (χ4n) is 3.86. The minimum absolute atomic E-state index is 0.0488. The van der Waals surface area contributed by atoms with Crippen molar-refractivity contribution in [2.75, 3.05) is 11.6 Å². The molecule has 0 radical (unpaired) electrons. The lowest BCUT2D eigenvalue weighted by atomic mass is 9.83. The van der Waals surface area contributed by atoms with E-state index in [9.17, 15) is 19.8 Å². The molecular weight excluding hydrogens is 288 g/mol. The summed E-state index contributed by atoms with van der Waals surface area (Å²) in [4.78, 5) is 30.0. The Balaban J connectivity index is 1.86. The lowest BCUT2D eigenvalue weighted by molar-refractivity contribution is -0.243.